The molecule has 3 aromatic carbocycles. The number of carbonyl (C=O) groups excluding carboxylic acids is 3. The molecule has 51 heavy (non-hydrogen) atoms. The van der Waals surface area contributed by atoms with Crippen LogP contribution in [0.3, 0.4) is 0 Å². The Morgan fingerprint density at radius 3 is 1.80 bits per heavy atom. The lowest BCUT2D eigenvalue weighted by Gasteiger charge is -2.31. The SMILES string of the molecule is CC1(C)C(C(=O)ON(C(=O)c2ccc(F)cc2)c2cccc(C(=O)Nc3c(I)cc(C(F)(C(F)(F)F)C(F)(F)F)cc3C(F)(F)F)c2F)C1(C)C. The van der Waals surface area contributed by atoms with Crippen molar-refractivity contribution in [3.05, 3.63) is 92.1 Å². The number of halogens is 13. The van der Waals surface area contributed by atoms with Gasteiger partial charge in [0.15, 0.2) is 5.82 Å². The van der Waals surface area contributed by atoms with Crippen molar-refractivity contribution in [1.29, 1.82) is 0 Å². The Morgan fingerprint density at radius 1 is 0.804 bits per heavy atom. The molecule has 0 aromatic heterocycles. The standard InChI is InChI=1S/C32H23F12IN2O4/c1-27(2)23(28(27,3)4)26(50)51-47(25(49)14-8-10-16(33)11-9-14)20-7-5-6-17(21(20)34)24(48)46-22-18(30(36,37)38)12-15(13-19(22)45)29(35,31(39,40)41)32(42,43)44/h5-13,23H,1-4H3,(H,46,48). The van der Waals surface area contributed by atoms with Crippen molar-refractivity contribution in [2.75, 3.05) is 10.4 Å². The minimum atomic E-state index is -6.77. The number of benzene rings is 3. The molecule has 1 aliphatic rings. The highest BCUT2D eigenvalue weighted by Gasteiger charge is 2.74. The quantitative estimate of drug-likeness (QED) is 0.152. The summed E-state index contributed by atoms with van der Waals surface area (Å²) in [6.07, 6.45) is -19.3. The van der Waals surface area contributed by atoms with E-state index in [9.17, 15) is 62.7 Å². The van der Waals surface area contributed by atoms with Gasteiger partial charge in [0.1, 0.15) is 11.5 Å². The Hall–Kier alpha value is -4.04. The summed E-state index contributed by atoms with van der Waals surface area (Å²) in [5, 5.41) is 1.72. The summed E-state index contributed by atoms with van der Waals surface area (Å²) in [6, 6.07) is 5.01. The summed E-state index contributed by atoms with van der Waals surface area (Å²) in [5.41, 5.74) is -16.3. The Morgan fingerprint density at radius 2 is 1.33 bits per heavy atom. The molecule has 0 aliphatic heterocycles. The van der Waals surface area contributed by atoms with E-state index in [-0.39, 0.29) is 16.7 Å². The molecule has 0 atom stereocenters. The van der Waals surface area contributed by atoms with Gasteiger partial charge < -0.3 is 10.2 Å². The lowest BCUT2D eigenvalue weighted by molar-refractivity contribution is -0.348. The Labute approximate surface area is 294 Å². The number of hydrogen-bond acceptors (Lipinski definition) is 4. The third-order valence-electron chi connectivity index (χ3n) is 8.97. The number of carbonyl (C=O) groups is 3. The normalized spacial score (nSPS) is 16.0. The van der Waals surface area contributed by atoms with Crippen molar-refractivity contribution in [2.24, 2.45) is 16.7 Å². The molecule has 2 amide bonds. The molecule has 276 valence electrons. The number of hydrogen-bond donors (Lipinski definition) is 1. The third kappa shape index (κ3) is 6.96. The second-order valence-corrected chi connectivity index (χ2v) is 13.7. The number of nitrogens with zero attached hydrogens (tertiary/aromatic N) is 1. The molecule has 3 aromatic rings. The van der Waals surface area contributed by atoms with E-state index in [1.165, 1.54) is 0 Å². The number of anilines is 2. The molecule has 1 fully saturated rings. The number of alkyl halides is 10. The van der Waals surface area contributed by atoms with Crippen molar-refractivity contribution in [2.45, 2.75) is 51.9 Å². The van der Waals surface area contributed by atoms with Crippen LogP contribution in [0, 0.1) is 32.0 Å². The monoisotopic (exact) mass is 854 g/mol. The maximum Gasteiger partial charge on any atom is 0.435 e. The minimum absolute atomic E-state index is 0.140. The summed E-state index contributed by atoms with van der Waals surface area (Å²) in [4.78, 5) is 45.2. The maximum absolute atomic E-state index is 16.1. The van der Waals surface area contributed by atoms with Crippen molar-refractivity contribution in [3.63, 3.8) is 0 Å². The zero-order valence-corrected chi connectivity index (χ0v) is 28.4. The highest BCUT2D eigenvalue weighted by molar-refractivity contribution is 14.1. The van der Waals surface area contributed by atoms with Crippen LogP contribution in [0.5, 0.6) is 0 Å². The van der Waals surface area contributed by atoms with Crippen LogP contribution >= 0.6 is 22.6 Å². The van der Waals surface area contributed by atoms with Gasteiger partial charge in [-0.1, -0.05) is 33.8 Å². The predicted octanol–water partition coefficient (Wildman–Crippen LogP) is 9.92. The van der Waals surface area contributed by atoms with Gasteiger partial charge in [0.25, 0.3) is 11.8 Å². The molecule has 1 N–H and O–H groups in total. The maximum atomic E-state index is 16.1. The number of nitrogens with one attached hydrogen (secondary N) is 1. The van der Waals surface area contributed by atoms with Gasteiger partial charge in [0, 0.05) is 14.7 Å². The van der Waals surface area contributed by atoms with Gasteiger partial charge in [-0.15, -0.1) is 5.06 Å². The van der Waals surface area contributed by atoms with Gasteiger partial charge in [0.2, 0.25) is 0 Å². The molecular weight excluding hydrogens is 831 g/mol. The van der Waals surface area contributed by atoms with Crippen molar-refractivity contribution < 1.29 is 71.9 Å². The highest BCUT2D eigenvalue weighted by atomic mass is 127. The van der Waals surface area contributed by atoms with Crippen molar-refractivity contribution in [1.82, 2.24) is 0 Å². The fourth-order valence-corrected chi connectivity index (χ4v) is 6.28. The van der Waals surface area contributed by atoms with Gasteiger partial charge >= 0.3 is 30.2 Å². The van der Waals surface area contributed by atoms with Crippen LogP contribution in [0.4, 0.5) is 64.1 Å². The zero-order valence-electron chi connectivity index (χ0n) is 26.3. The lowest BCUT2D eigenvalue weighted by Crippen LogP contribution is -2.50. The summed E-state index contributed by atoms with van der Waals surface area (Å²) >= 11 is 0.828. The van der Waals surface area contributed by atoms with Crippen LogP contribution in [-0.4, -0.2) is 30.1 Å². The van der Waals surface area contributed by atoms with Gasteiger partial charge in [-0.25, -0.2) is 18.0 Å². The molecule has 1 aliphatic carbocycles. The molecule has 0 heterocycles. The fourth-order valence-electron chi connectivity index (χ4n) is 5.52. The lowest BCUT2D eigenvalue weighted by atomic mass is 9.92. The highest BCUT2D eigenvalue weighted by Crippen LogP contribution is 2.68. The smallest absolute Gasteiger partial charge is 0.332 e. The molecular formula is C32H23F12IN2O4. The van der Waals surface area contributed by atoms with Crippen molar-refractivity contribution >= 4 is 51.7 Å². The van der Waals surface area contributed by atoms with E-state index >= 15 is 4.39 Å². The van der Waals surface area contributed by atoms with E-state index in [2.05, 4.69) is 0 Å². The van der Waals surface area contributed by atoms with Crippen molar-refractivity contribution in [3.8, 4) is 0 Å². The average molecular weight is 854 g/mol. The fraction of sp³-hybridized carbons (Fsp3) is 0.344. The number of amides is 2. The summed E-state index contributed by atoms with van der Waals surface area (Å²) in [6.45, 7) is 6.83. The van der Waals surface area contributed by atoms with Crippen LogP contribution < -0.4 is 10.4 Å². The van der Waals surface area contributed by atoms with Gasteiger partial charge in [-0.3, -0.25) is 9.59 Å². The summed E-state index contributed by atoms with van der Waals surface area (Å²) in [5.74, 6) is -7.37. The van der Waals surface area contributed by atoms with Gasteiger partial charge in [-0.05, 0) is 82.0 Å². The molecule has 4 rings (SSSR count). The Balaban J connectivity index is 1.80. The molecule has 19 heteroatoms. The molecule has 0 saturated heterocycles. The number of hydroxylamine groups is 1. The van der Waals surface area contributed by atoms with E-state index in [1.54, 1.807) is 33.0 Å². The van der Waals surface area contributed by atoms with E-state index in [0.29, 0.717) is 6.07 Å². The molecule has 1 saturated carbocycles. The van der Waals surface area contributed by atoms with Crippen LogP contribution in [0.1, 0.15) is 59.5 Å². The first kappa shape index (κ1) is 39.7. The first-order valence-electron chi connectivity index (χ1n) is 14.2. The minimum Gasteiger partial charge on any atom is -0.332 e. The Kier molecular flexibility index (Phi) is 10.0. The zero-order chi connectivity index (χ0) is 38.9. The number of rotatable bonds is 6. The molecule has 0 unspecified atom stereocenters. The molecule has 0 bridgehead atoms. The summed E-state index contributed by atoms with van der Waals surface area (Å²) < 4.78 is 165. The Bertz CT molecular complexity index is 1860. The first-order valence-corrected chi connectivity index (χ1v) is 15.3. The molecule has 0 spiro atoms. The largest absolute Gasteiger partial charge is 0.435 e. The van der Waals surface area contributed by atoms with Gasteiger partial charge in [-0.2, -0.15) is 39.5 Å². The van der Waals surface area contributed by atoms with Gasteiger partial charge in [0.05, 0.1) is 22.7 Å². The first-order chi connectivity index (χ1) is 23.1. The second-order valence-electron chi connectivity index (χ2n) is 12.5. The topological polar surface area (TPSA) is 75.7 Å². The van der Waals surface area contributed by atoms with Crippen LogP contribution in [0.15, 0.2) is 54.6 Å². The van der Waals surface area contributed by atoms with Crippen LogP contribution in [0.25, 0.3) is 0 Å². The van der Waals surface area contributed by atoms with Crippen LogP contribution in [-0.2, 0) is 21.5 Å². The second kappa shape index (κ2) is 12.9. The predicted molar refractivity (Wildman–Crippen MR) is 164 cm³/mol. The van der Waals surface area contributed by atoms with E-state index in [0.717, 1.165) is 59.0 Å². The van der Waals surface area contributed by atoms with E-state index in [1.807, 2.05) is 0 Å². The van der Waals surface area contributed by atoms with Crippen LogP contribution in [0.2, 0.25) is 0 Å². The average Bonchev–Trinajstić information content (AvgIpc) is 3.41. The molecule has 0 radical (unpaired) electrons. The molecule has 6 nitrogen and oxygen atoms in total. The summed E-state index contributed by atoms with van der Waals surface area (Å²) in [7, 11) is 0. The van der Waals surface area contributed by atoms with E-state index < -0.39 is 108 Å². The third-order valence-corrected chi connectivity index (χ3v) is 9.82. The van der Waals surface area contributed by atoms with E-state index in [4.69, 9.17) is 4.84 Å².